The van der Waals surface area contributed by atoms with Crippen molar-refractivity contribution in [2.45, 2.75) is 12.5 Å². The van der Waals surface area contributed by atoms with Crippen molar-refractivity contribution in [1.29, 1.82) is 0 Å². The van der Waals surface area contributed by atoms with Crippen LogP contribution in [0.15, 0.2) is 42.5 Å². The first-order valence-electron chi connectivity index (χ1n) is 6.85. The van der Waals surface area contributed by atoms with Crippen molar-refractivity contribution in [3.8, 4) is 22.6 Å². The van der Waals surface area contributed by atoms with E-state index in [1.807, 2.05) is 30.3 Å². The van der Waals surface area contributed by atoms with Crippen LogP contribution in [0.1, 0.15) is 5.56 Å². The summed E-state index contributed by atoms with van der Waals surface area (Å²) >= 11 is 0. The fourth-order valence-corrected chi connectivity index (χ4v) is 2.20. The first-order valence-corrected chi connectivity index (χ1v) is 6.85. The second-order valence-corrected chi connectivity index (χ2v) is 4.91. The Kier molecular flexibility index (Phi) is 5.01. The summed E-state index contributed by atoms with van der Waals surface area (Å²) in [6.07, 6.45) is 0.343. The number of carbonyl (C=O) groups is 1. The van der Waals surface area contributed by atoms with Gasteiger partial charge in [-0.3, -0.25) is 4.79 Å². The van der Waals surface area contributed by atoms with Crippen LogP contribution in [0.2, 0.25) is 0 Å². The van der Waals surface area contributed by atoms with Gasteiger partial charge in [0.15, 0.2) is 0 Å². The molecular weight excluding hydrogens is 282 g/mol. The van der Waals surface area contributed by atoms with Crippen LogP contribution in [-0.2, 0) is 16.0 Å². The Morgan fingerprint density at radius 2 is 1.86 bits per heavy atom. The molecule has 1 atom stereocenters. The Labute approximate surface area is 129 Å². The lowest BCUT2D eigenvalue weighted by molar-refractivity contribution is -0.142. The Bertz CT molecular complexity index is 652. The topological polar surface area (TPSA) is 81.8 Å². The number of esters is 1. The molecule has 5 heteroatoms. The van der Waals surface area contributed by atoms with Crippen LogP contribution < -0.4 is 10.5 Å². The number of ether oxygens (including phenoxy) is 2. The van der Waals surface area contributed by atoms with Gasteiger partial charge in [-0.05, 0) is 41.8 Å². The van der Waals surface area contributed by atoms with Gasteiger partial charge in [0.1, 0.15) is 17.5 Å². The molecule has 0 radical (unpaired) electrons. The summed E-state index contributed by atoms with van der Waals surface area (Å²) in [6.45, 7) is 0. The monoisotopic (exact) mass is 301 g/mol. The number of carbonyl (C=O) groups excluding carboxylic acids is 1. The van der Waals surface area contributed by atoms with E-state index in [1.54, 1.807) is 19.2 Å². The zero-order chi connectivity index (χ0) is 16.1. The highest BCUT2D eigenvalue weighted by Gasteiger charge is 2.15. The van der Waals surface area contributed by atoms with Crippen molar-refractivity contribution in [1.82, 2.24) is 0 Å². The Balaban J connectivity index is 2.28. The largest absolute Gasteiger partial charge is 0.507 e. The standard InChI is InChI=1S/C17H19NO4/c1-21-13-6-4-12(5-7-13)14-9-11(3-8-16(14)19)10-15(18)17(20)22-2/h3-9,15,19H,10,18H2,1-2H3/t15-/m0/s1. The van der Waals surface area contributed by atoms with Gasteiger partial charge in [-0.25, -0.2) is 0 Å². The number of aromatic hydroxyl groups is 1. The zero-order valence-electron chi connectivity index (χ0n) is 12.6. The molecule has 0 fully saturated rings. The maximum atomic E-state index is 11.4. The van der Waals surface area contributed by atoms with Gasteiger partial charge < -0.3 is 20.3 Å². The molecule has 2 aromatic carbocycles. The Morgan fingerprint density at radius 3 is 2.45 bits per heavy atom. The molecule has 0 aliphatic carbocycles. The van der Waals surface area contributed by atoms with Crippen LogP contribution >= 0.6 is 0 Å². The van der Waals surface area contributed by atoms with Crippen LogP contribution in [-0.4, -0.2) is 31.3 Å². The molecule has 2 rings (SSSR count). The molecular formula is C17H19NO4. The number of methoxy groups -OCH3 is 2. The smallest absolute Gasteiger partial charge is 0.322 e. The molecule has 0 aliphatic rings. The summed E-state index contributed by atoms with van der Waals surface area (Å²) in [6, 6.07) is 11.8. The van der Waals surface area contributed by atoms with Gasteiger partial charge >= 0.3 is 5.97 Å². The summed E-state index contributed by atoms with van der Waals surface area (Å²) in [7, 11) is 2.91. The molecule has 2 aromatic rings. The van der Waals surface area contributed by atoms with Crippen molar-refractivity contribution >= 4 is 5.97 Å². The average molecular weight is 301 g/mol. The van der Waals surface area contributed by atoms with E-state index in [0.717, 1.165) is 16.9 Å². The van der Waals surface area contributed by atoms with Gasteiger partial charge in [-0.1, -0.05) is 18.2 Å². The van der Waals surface area contributed by atoms with E-state index in [9.17, 15) is 9.90 Å². The van der Waals surface area contributed by atoms with E-state index in [1.165, 1.54) is 7.11 Å². The van der Waals surface area contributed by atoms with Crippen molar-refractivity contribution in [3.63, 3.8) is 0 Å². The lowest BCUT2D eigenvalue weighted by Gasteiger charge is -2.12. The van der Waals surface area contributed by atoms with Gasteiger partial charge in [0, 0.05) is 5.56 Å². The van der Waals surface area contributed by atoms with Crippen molar-refractivity contribution in [2.75, 3.05) is 14.2 Å². The van der Waals surface area contributed by atoms with Crippen LogP contribution in [0.3, 0.4) is 0 Å². The van der Waals surface area contributed by atoms with Gasteiger partial charge in [0.2, 0.25) is 0 Å². The molecule has 0 saturated heterocycles. The van der Waals surface area contributed by atoms with E-state index in [2.05, 4.69) is 4.74 Å². The Hall–Kier alpha value is -2.53. The summed E-state index contributed by atoms with van der Waals surface area (Å²) in [5.41, 5.74) is 8.15. The lowest BCUT2D eigenvalue weighted by atomic mass is 9.98. The van der Waals surface area contributed by atoms with E-state index < -0.39 is 12.0 Å². The number of hydrogen-bond acceptors (Lipinski definition) is 5. The minimum Gasteiger partial charge on any atom is -0.507 e. The minimum atomic E-state index is -0.724. The lowest BCUT2D eigenvalue weighted by Crippen LogP contribution is -2.33. The fourth-order valence-electron chi connectivity index (χ4n) is 2.20. The summed E-state index contributed by atoms with van der Waals surface area (Å²) < 4.78 is 9.74. The number of phenols is 1. The molecule has 3 N–H and O–H groups in total. The molecule has 0 bridgehead atoms. The van der Waals surface area contributed by atoms with E-state index in [4.69, 9.17) is 10.5 Å². The molecule has 0 aromatic heterocycles. The zero-order valence-corrected chi connectivity index (χ0v) is 12.6. The minimum absolute atomic E-state index is 0.167. The predicted molar refractivity (Wildman–Crippen MR) is 83.8 cm³/mol. The number of benzene rings is 2. The molecule has 0 heterocycles. The predicted octanol–water partition coefficient (Wildman–Crippen LogP) is 2.11. The van der Waals surface area contributed by atoms with Crippen LogP contribution in [0, 0.1) is 0 Å². The third-order valence-electron chi connectivity index (χ3n) is 3.42. The van der Waals surface area contributed by atoms with E-state index >= 15 is 0 Å². The number of phenolic OH excluding ortho intramolecular Hbond substituents is 1. The molecule has 0 aliphatic heterocycles. The summed E-state index contributed by atoms with van der Waals surface area (Å²) in [5, 5.41) is 10.1. The fraction of sp³-hybridized carbons (Fsp3) is 0.235. The number of rotatable bonds is 5. The third kappa shape index (κ3) is 3.56. The Morgan fingerprint density at radius 1 is 1.18 bits per heavy atom. The van der Waals surface area contributed by atoms with Gasteiger partial charge in [0.05, 0.1) is 14.2 Å². The molecule has 0 amide bonds. The average Bonchev–Trinajstić information content (AvgIpc) is 2.55. The molecule has 0 spiro atoms. The summed E-state index contributed by atoms with van der Waals surface area (Å²) in [4.78, 5) is 11.4. The highest BCUT2D eigenvalue weighted by molar-refractivity contribution is 5.76. The summed E-state index contributed by atoms with van der Waals surface area (Å²) in [5.74, 6) is 0.451. The number of hydrogen-bond donors (Lipinski definition) is 2. The van der Waals surface area contributed by atoms with Crippen LogP contribution in [0.5, 0.6) is 11.5 Å². The first kappa shape index (κ1) is 15.9. The molecule has 22 heavy (non-hydrogen) atoms. The third-order valence-corrected chi connectivity index (χ3v) is 3.42. The second kappa shape index (κ2) is 6.95. The van der Waals surface area contributed by atoms with Crippen molar-refractivity contribution in [3.05, 3.63) is 48.0 Å². The molecule has 0 saturated carbocycles. The van der Waals surface area contributed by atoms with Crippen LogP contribution in [0.25, 0.3) is 11.1 Å². The molecule has 0 unspecified atom stereocenters. The number of nitrogens with two attached hydrogens (primary N) is 1. The van der Waals surface area contributed by atoms with Gasteiger partial charge in [0.25, 0.3) is 0 Å². The van der Waals surface area contributed by atoms with Crippen molar-refractivity contribution in [2.24, 2.45) is 5.73 Å². The van der Waals surface area contributed by atoms with E-state index in [0.29, 0.717) is 12.0 Å². The molecule has 116 valence electrons. The quantitative estimate of drug-likeness (QED) is 0.827. The van der Waals surface area contributed by atoms with E-state index in [-0.39, 0.29) is 5.75 Å². The maximum Gasteiger partial charge on any atom is 0.322 e. The first-order chi connectivity index (χ1) is 10.5. The van der Waals surface area contributed by atoms with Gasteiger partial charge in [-0.2, -0.15) is 0 Å². The van der Waals surface area contributed by atoms with Crippen molar-refractivity contribution < 1.29 is 19.4 Å². The highest BCUT2D eigenvalue weighted by atomic mass is 16.5. The van der Waals surface area contributed by atoms with Gasteiger partial charge in [-0.15, -0.1) is 0 Å². The highest BCUT2D eigenvalue weighted by Crippen LogP contribution is 2.31. The second-order valence-electron chi connectivity index (χ2n) is 4.91. The SMILES string of the molecule is COC(=O)[C@@H](N)Cc1ccc(O)c(-c2ccc(OC)cc2)c1. The molecule has 5 nitrogen and oxygen atoms in total. The maximum absolute atomic E-state index is 11.4. The normalized spacial score (nSPS) is 11.8. The van der Waals surface area contributed by atoms with Crippen LogP contribution in [0.4, 0.5) is 0 Å².